The second-order valence-corrected chi connectivity index (χ2v) is 5.09. The summed E-state index contributed by atoms with van der Waals surface area (Å²) < 4.78 is 44.2. The molecule has 2 aliphatic carbocycles. The molecular weight excluding hydrogens is 262 g/mol. The summed E-state index contributed by atoms with van der Waals surface area (Å²) >= 11 is 0. The minimum Gasteiger partial charge on any atom is -0.397 e. The van der Waals surface area contributed by atoms with Gasteiger partial charge in [-0.25, -0.2) is 0 Å². The normalized spacial score (nSPS) is 18.0. The average molecular weight is 269 g/mol. The summed E-state index contributed by atoms with van der Waals surface area (Å²) in [6.45, 7) is 0. The second kappa shape index (κ2) is 4.19. The molecule has 0 radical (unpaired) electrons. The Hall–Kier alpha value is -1.86. The van der Waals surface area contributed by atoms with Crippen LogP contribution in [0.15, 0.2) is 47.2 Å². The molecule has 7 heteroatoms. The van der Waals surface area contributed by atoms with E-state index in [1.165, 1.54) is 30.4 Å². The number of nitrogens with two attached hydrogens (primary N) is 1. The maximum absolute atomic E-state index is 11.1. The van der Waals surface area contributed by atoms with Crippen molar-refractivity contribution in [3.05, 3.63) is 47.2 Å². The van der Waals surface area contributed by atoms with Gasteiger partial charge in [-0.3, -0.25) is 0 Å². The molecule has 88 valence electrons. The lowest BCUT2D eigenvalue weighted by Crippen LogP contribution is -2.23. The molecule has 0 atom stereocenters. The molecule has 5 nitrogen and oxygen atoms in total. The van der Waals surface area contributed by atoms with E-state index in [1.54, 1.807) is 0 Å². The Balaban J connectivity index is 2.85. The van der Waals surface area contributed by atoms with E-state index in [4.69, 9.17) is 5.73 Å². The van der Waals surface area contributed by atoms with Crippen LogP contribution in [0, 0.1) is 0 Å². The Morgan fingerprint density at radius 3 is 2.18 bits per heavy atom. The van der Waals surface area contributed by atoms with Gasteiger partial charge in [0.15, 0.2) is 0 Å². The molecule has 0 fully saturated rings. The summed E-state index contributed by atoms with van der Waals surface area (Å²) in [5.41, 5.74) is 6.31. The molecule has 0 aromatic heterocycles. The van der Waals surface area contributed by atoms with Crippen LogP contribution in [-0.4, -0.2) is 26.6 Å². The van der Waals surface area contributed by atoms with Gasteiger partial charge in [0.05, 0.1) is 5.70 Å². The van der Waals surface area contributed by atoms with Crippen LogP contribution in [-0.2, 0) is 20.6 Å². The van der Waals surface area contributed by atoms with Gasteiger partial charge >= 0.3 is 0 Å². The number of hydrogen-bond donors (Lipinski definition) is 1. The predicted molar refractivity (Wildman–Crippen MR) is 65.4 cm³/mol. The predicted octanol–water partition coefficient (Wildman–Crippen LogP) is -0.632. The van der Waals surface area contributed by atoms with Crippen LogP contribution in [0.25, 0.3) is 0 Å². The maximum atomic E-state index is 11.1. The Morgan fingerprint density at radius 2 is 1.59 bits per heavy atom. The monoisotopic (exact) mass is 269 g/mol. The number of allylic oxidation sites excluding steroid dienone is 7. The molecule has 0 aliphatic heterocycles. The van der Waals surface area contributed by atoms with Crippen molar-refractivity contribution >= 4 is 30.3 Å². The van der Waals surface area contributed by atoms with Gasteiger partial charge in [0, 0.05) is 11.1 Å². The van der Waals surface area contributed by atoms with Crippen molar-refractivity contribution in [3.8, 4) is 0 Å². The van der Waals surface area contributed by atoms with Gasteiger partial charge in [0.2, 0.25) is 20.6 Å². The highest BCUT2D eigenvalue weighted by molar-refractivity contribution is 7.74. The molecule has 0 heterocycles. The van der Waals surface area contributed by atoms with E-state index in [0.29, 0.717) is 11.1 Å². The third-order valence-electron chi connectivity index (χ3n) is 2.35. The molecule has 2 rings (SSSR count). The van der Waals surface area contributed by atoms with Gasteiger partial charge in [-0.1, -0.05) is 18.2 Å². The minimum absolute atomic E-state index is 0.0502. The van der Waals surface area contributed by atoms with Crippen molar-refractivity contribution in [1.82, 2.24) is 0 Å². The Bertz CT molecular complexity index is 771. The highest BCUT2D eigenvalue weighted by atomic mass is 32.2. The largest absolute Gasteiger partial charge is 0.397 e. The van der Waals surface area contributed by atoms with Gasteiger partial charge in [-0.15, -0.1) is 0 Å². The van der Waals surface area contributed by atoms with E-state index >= 15 is 0 Å². The van der Waals surface area contributed by atoms with E-state index in [0.717, 1.165) is 0 Å². The molecule has 17 heavy (non-hydrogen) atoms. The van der Waals surface area contributed by atoms with Crippen molar-refractivity contribution in [2.75, 3.05) is 0 Å². The summed E-state index contributed by atoms with van der Waals surface area (Å²) in [5.74, 6) is 0. The van der Waals surface area contributed by atoms with Crippen molar-refractivity contribution in [2.24, 2.45) is 5.73 Å². The molecule has 0 bridgehead atoms. The van der Waals surface area contributed by atoms with Gasteiger partial charge < -0.3 is 5.73 Å². The third kappa shape index (κ3) is 1.90. The first-order chi connectivity index (χ1) is 8.02. The zero-order valence-corrected chi connectivity index (χ0v) is 10.0. The Labute approximate surface area is 100 Å². The maximum Gasteiger partial charge on any atom is 0.224 e. The first-order valence-electron chi connectivity index (χ1n) is 4.52. The van der Waals surface area contributed by atoms with Crippen molar-refractivity contribution < 1.29 is 16.8 Å². The van der Waals surface area contributed by atoms with E-state index in [2.05, 4.69) is 0 Å². The quantitative estimate of drug-likeness (QED) is 0.591. The molecule has 0 saturated carbocycles. The van der Waals surface area contributed by atoms with E-state index in [1.807, 2.05) is 0 Å². The molecular formula is C10H7NO4S2. The first-order valence-corrected chi connectivity index (χ1v) is 6.67. The topological polar surface area (TPSA) is 94.3 Å². The number of rotatable bonds is 0. The van der Waals surface area contributed by atoms with Crippen molar-refractivity contribution in [3.63, 3.8) is 0 Å². The molecule has 0 unspecified atom stereocenters. The van der Waals surface area contributed by atoms with Gasteiger partial charge in [0.1, 0.15) is 9.73 Å². The smallest absolute Gasteiger partial charge is 0.224 e. The van der Waals surface area contributed by atoms with Gasteiger partial charge in [-0.05, 0) is 12.2 Å². The van der Waals surface area contributed by atoms with Crippen LogP contribution in [0.3, 0.4) is 0 Å². The van der Waals surface area contributed by atoms with Crippen LogP contribution in [0.1, 0.15) is 0 Å². The van der Waals surface area contributed by atoms with Crippen LogP contribution in [0.5, 0.6) is 0 Å². The first kappa shape index (κ1) is 11.6. The molecule has 0 amide bonds. The van der Waals surface area contributed by atoms with E-state index < -0.39 is 20.6 Å². The van der Waals surface area contributed by atoms with Gasteiger partial charge in [-0.2, -0.15) is 16.8 Å². The Kier molecular flexibility index (Phi) is 2.86. The zero-order chi connectivity index (χ0) is 12.6. The van der Waals surface area contributed by atoms with Crippen LogP contribution >= 0.6 is 0 Å². The second-order valence-electron chi connectivity index (χ2n) is 3.30. The van der Waals surface area contributed by atoms with E-state index in [-0.39, 0.29) is 15.4 Å². The summed E-state index contributed by atoms with van der Waals surface area (Å²) in [6.07, 6.45) is 7.27. The number of hydrogen-bond acceptors (Lipinski definition) is 5. The highest BCUT2D eigenvalue weighted by Crippen LogP contribution is 2.24. The number of fused-ring (bicyclic) bond motifs is 1. The average Bonchev–Trinajstić information content (AvgIpc) is 2.26. The fourth-order valence-electron chi connectivity index (χ4n) is 1.65. The standard InChI is InChI=1S/C10H7NO4S2/c11-8-5-4-6-7(10(8)17(14)15)2-1-3-9(6)16(12)13/h1-5H,11H2. The molecule has 2 N–H and O–H groups in total. The van der Waals surface area contributed by atoms with Crippen LogP contribution < -0.4 is 5.73 Å². The summed E-state index contributed by atoms with van der Waals surface area (Å²) in [7, 11) is -4.94. The van der Waals surface area contributed by atoms with Crippen molar-refractivity contribution in [1.29, 1.82) is 0 Å². The fourth-order valence-corrected chi connectivity index (χ4v) is 2.81. The summed E-state index contributed by atoms with van der Waals surface area (Å²) in [5, 5.41) is 0. The lowest BCUT2D eigenvalue weighted by molar-refractivity contribution is 0.625. The van der Waals surface area contributed by atoms with Crippen molar-refractivity contribution in [2.45, 2.75) is 0 Å². The zero-order valence-electron chi connectivity index (χ0n) is 8.41. The summed E-state index contributed by atoms with van der Waals surface area (Å²) in [4.78, 5) is -0.0241. The molecule has 0 aromatic carbocycles. The molecule has 0 aromatic rings. The lowest BCUT2D eigenvalue weighted by atomic mass is 9.90. The fraction of sp³-hybridized carbons (Fsp3) is 0. The van der Waals surface area contributed by atoms with Crippen LogP contribution in [0.2, 0.25) is 0 Å². The highest BCUT2D eigenvalue weighted by Gasteiger charge is 2.24. The van der Waals surface area contributed by atoms with E-state index in [9.17, 15) is 16.8 Å². The van der Waals surface area contributed by atoms with Crippen LogP contribution in [0.4, 0.5) is 0 Å². The SMILES string of the molecule is NC1=CC=C2C(=CC=CC2=S(=O)=O)C1=S(=O)=O. The lowest BCUT2D eigenvalue weighted by Gasteiger charge is -2.17. The molecule has 0 saturated heterocycles. The van der Waals surface area contributed by atoms with Gasteiger partial charge in [0.25, 0.3) is 0 Å². The minimum atomic E-state index is -2.51. The molecule has 2 aliphatic rings. The molecule has 0 spiro atoms. The summed E-state index contributed by atoms with van der Waals surface area (Å²) in [6, 6.07) is 0. The third-order valence-corrected chi connectivity index (χ3v) is 3.85. The Morgan fingerprint density at radius 1 is 0.882 bits per heavy atom.